The Kier molecular flexibility index (Phi) is 6.30. The summed E-state index contributed by atoms with van der Waals surface area (Å²) in [6.45, 7) is 6.74. The molecule has 1 saturated heterocycles. The second-order valence-electron chi connectivity index (χ2n) is 9.19. The smallest absolute Gasteiger partial charge is 0.161 e. The van der Waals surface area contributed by atoms with E-state index >= 15 is 0 Å². The van der Waals surface area contributed by atoms with E-state index in [9.17, 15) is 5.11 Å². The lowest BCUT2D eigenvalue weighted by atomic mass is 9.72. The van der Waals surface area contributed by atoms with Crippen LogP contribution in [0.4, 0.5) is 0 Å². The summed E-state index contributed by atoms with van der Waals surface area (Å²) in [7, 11) is 1.70. The van der Waals surface area contributed by atoms with Crippen molar-refractivity contribution in [3.05, 3.63) is 53.9 Å². The Balaban J connectivity index is 1.59. The molecule has 0 spiro atoms. The maximum Gasteiger partial charge on any atom is 0.161 e. The molecular weight excluding hydrogens is 376 g/mol. The summed E-state index contributed by atoms with van der Waals surface area (Å²) < 4.78 is 11.9. The fourth-order valence-electron chi connectivity index (χ4n) is 5.09. The van der Waals surface area contributed by atoms with Gasteiger partial charge in [-0.3, -0.25) is 9.88 Å². The van der Waals surface area contributed by atoms with Gasteiger partial charge >= 0.3 is 0 Å². The third-order valence-electron chi connectivity index (χ3n) is 7.10. The SMILES string of the molecule is COc1ccc([C@@H]2CN(Cc3ccncc3)C[C@@]2(C)[C@@H](C)O)cc1OC1CCCC1. The Morgan fingerprint density at radius 3 is 2.57 bits per heavy atom. The van der Waals surface area contributed by atoms with E-state index in [4.69, 9.17) is 9.47 Å². The number of benzene rings is 1. The molecule has 30 heavy (non-hydrogen) atoms. The number of aliphatic hydroxyl groups is 1. The lowest BCUT2D eigenvalue weighted by Crippen LogP contribution is -2.37. The van der Waals surface area contributed by atoms with E-state index < -0.39 is 6.10 Å². The van der Waals surface area contributed by atoms with Crippen LogP contribution in [0.5, 0.6) is 11.5 Å². The maximum atomic E-state index is 10.7. The van der Waals surface area contributed by atoms with Crippen LogP contribution in [0, 0.1) is 5.41 Å². The first-order valence-corrected chi connectivity index (χ1v) is 11.1. The topological polar surface area (TPSA) is 54.8 Å². The average Bonchev–Trinajstić information content (AvgIpc) is 3.37. The predicted octanol–water partition coefficient (Wildman–Crippen LogP) is 4.40. The number of aliphatic hydroxyl groups excluding tert-OH is 1. The van der Waals surface area contributed by atoms with E-state index in [1.165, 1.54) is 24.0 Å². The van der Waals surface area contributed by atoms with Crippen LogP contribution < -0.4 is 9.47 Å². The summed E-state index contributed by atoms with van der Waals surface area (Å²) in [5.41, 5.74) is 2.23. The van der Waals surface area contributed by atoms with Crippen molar-refractivity contribution in [1.82, 2.24) is 9.88 Å². The van der Waals surface area contributed by atoms with E-state index in [0.717, 1.165) is 44.0 Å². The number of hydrogen-bond acceptors (Lipinski definition) is 5. The van der Waals surface area contributed by atoms with Crippen molar-refractivity contribution in [1.29, 1.82) is 0 Å². The number of aromatic nitrogens is 1. The zero-order valence-electron chi connectivity index (χ0n) is 18.4. The molecule has 162 valence electrons. The van der Waals surface area contributed by atoms with Crippen LogP contribution in [-0.4, -0.2) is 47.4 Å². The van der Waals surface area contributed by atoms with Gasteiger partial charge in [-0.05, 0) is 68.0 Å². The fourth-order valence-corrected chi connectivity index (χ4v) is 5.09. The minimum Gasteiger partial charge on any atom is -0.493 e. The molecule has 2 heterocycles. The molecule has 1 saturated carbocycles. The first-order valence-electron chi connectivity index (χ1n) is 11.1. The van der Waals surface area contributed by atoms with Gasteiger partial charge in [0, 0.05) is 43.4 Å². The minimum absolute atomic E-state index is 0.219. The van der Waals surface area contributed by atoms with Crippen molar-refractivity contribution >= 4 is 0 Å². The maximum absolute atomic E-state index is 10.7. The lowest BCUT2D eigenvalue weighted by Gasteiger charge is -2.34. The quantitative estimate of drug-likeness (QED) is 0.733. The summed E-state index contributed by atoms with van der Waals surface area (Å²) in [6.07, 6.45) is 8.25. The molecule has 0 bridgehead atoms. The molecule has 2 fully saturated rings. The number of pyridine rings is 1. The van der Waals surface area contributed by atoms with Gasteiger partial charge in [-0.1, -0.05) is 13.0 Å². The molecule has 0 unspecified atom stereocenters. The van der Waals surface area contributed by atoms with Crippen LogP contribution in [0.1, 0.15) is 56.6 Å². The predicted molar refractivity (Wildman–Crippen MR) is 118 cm³/mol. The highest BCUT2D eigenvalue weighted by Crippen LogP contribution is 2.47. The zero-order chi connectivity index (χ0) is 21.1. The molecule has 1 aliphatic carbocycles. The molecule has 5 nitrogen and oxygen atoms in total. The Morgan fingerprint density at radius 2 is 1.90 bits per heavy atom. The highest BCUT2D eigenvalue weighted by Gasteiger charge is 2.47. The highest BCUT2D eigenvalue weighted by atomic mass is 16.5. The van der Waals surface area contributed by atoms with Crippen molar-refractivity contribution in [2.75, 3.05) is 20.2 Å². The van der Waals surface area contributed by atoms with Crippen molar-refractivity contribution < 1.29 is 14.6 Å². The van der Waals surface area contributed by atoms with Crippen LogP contribution >= 0.6 is 0 Å². The van der Waals surface area contributed by atoms with Gasteiger partial charge in [-0.2, -0.15) is 0 Å². The normalized spacial score (nSPS) is 26.1. The van der Waals surface area contributed by atoms with Crippen molar-refractivity contribution in [2.45, 2.75) is 64.2 Å². The Hall–Kier alpha value is -2.11. The van der Waals surface area contributed by atoms with Crippen molar-refractivity contribution in [3.63, 3.8) is 0 Å². The van der Waals surface area contributed by atoms with Gasteiger partial charge < -0.3 is 14.6 Å². The Labute approximate surface area is 180 Å². The first kappa shape index (κ1) is 21.1. The van der Waals surface area contributed by atoms with Gasteiger partial charge in [0.15, 0.2) is 11.5 Å². The van der Waals surface area contributed by atoms with Gasteiger partial charge in [-0.15, -0.1) is 0 Å². The first-order chi connectivity index (χ1) is 14.5. The van der Waals surface area contributed by atoms with E-state index in [-0.39, 0.29) is 17.4 Å². The monoisotopic (exact) mass is 410 g/mol. The Morgan fingerprint density at radius 1 is 1.17 bits per heavy atom. The summed E-state index contributed by atoms with van der Waals surface area (Å²) in [4.78, 5) is 6.56. The Bertz CT molecular complexity index is 836. The molecule has 3 atom stereocenters. The molecular formula is C25H34N2O3. The molecule has 4 rings (SSSR count). The van der Waals surface area contributed by atoms with E-state index in [2.05, 4.69) is 41.1 Å². The molecule has 1 N–H and O–H groups in total. The summed E-state index contributed by atoms with van der Waals surface area (Å²) in [6, 6.07) is 10.4. The third-order valence-corrected chi connectivity index (χ3v) is 7.10. The molecule has 2 aromatic rings. The van der Waals surface area contributed by atoms with Crippen LogP contribution in [0.2, 0.25) is 0 Å². The van der Waals surface area contributed by atoms with E-state index in [0.29, 0.717) is 0 Å². The van der Waals surface area contributed by atoms with Crippen molar-refractivity contribution in [3.8, 4) is 11.5 Å². The number of nitrogens with zero attached hydrogens (tertiary/aromatic N) is 2. The second kappa shape index (κ2) is 8.94. The van der Waals surface area contributed by atoms with Crippen molar-refractivity contribution in [2.24, 2.45) is 5.41 Å². The van der Waals surface area contributed by atoms with Gasteiger partial charge in [0.1, 0.15) is 0 Å². The highest BCUT2D eigenvalue weighted by molar-refractivity contribution is 5.45. The number of ether oxygens (including phenoxy) is 2. The third kappa shape index (κ3) is 4.33. The standard InChI is InChI=1S/C25H34N2O3/c1-18(28)25(2)17-27(15-19-10-12-26-13-11-19)16-22(25)20-8-9-23(29-3)24(14-20)30-21-6-4-5-7-21/h8-14,18,21-22,28H,4-7,15-17H2,1-3H3/t18-,22+,25+/m1/s1. The summed E-state index contributed by atoms with van der Waals surface area (Å²) in [5, 5.41) is 10.7. The lowest BCUT2D eigenvalue weighted by molar-refractivity contribution is 0.0474. The molecule has 0 radical (unpaired) electrons. The largest absolute Gasteiger partial charge is 0.493 e. The van der Waals surface area contributed by atoms with Crippen LogP contribution in [0.25, 0.3) is 0 Å². The zero-order valence-corrected chi connectivity index (χ0v) is 18.4. The molecule has 1 aliphatic heterocycles. The molecule has 0 amide bonds. The summed E-state index contributed by atoms with van der Waals surface area (Å²) in [5.74, 6) is 1.84. The van der Waals surface area contributed by atoms with Gasteiger partial charge in [-0.25, -0.2) is 0 Å². The number of methoxy groups -OCH3 is 1. The van der Waals surface area contributed by atoms with Gasteiger partial charge in [0.2, 0.25) is 0 Å². The number of hydrogen-bond donors (Lipinski definition) is 1. The molecule has 2 aliphatic rings. The fraction of sp³-hybridized carbons (Fsp3) is 0.560. The second-order valence-corrected chi connectivity index (χ2v) is 9.19. The number of likely N-dealkylation sites (tertiary alicyclic amines) is 1. The minimum atomic E-state index is -0.411. The average molecular weight is 411 g/mol. The van der Waals surface area contributed by atoms with Gasteiger partial charge in [0.25, 0.3) is 0 Å². The summed E-state index contributed by atoms with van der Waals surface area (Å²) >= 11 is 0. The van der Waals surface area contributed by atoms with E-state index in [1.54, 1.807) is 7.11 Å². The van der Waals surface area contributed by atoms with E-state index in [1.807, 2.05) is 25.4 Å². The van der Waals surface area contributed by atoms with Crippen LogP contribution in [-0.2, 0) is 6.54 Å². The molecule has 5 heteroatoms. The van der Waals surface area contributed by atoms with Crippen LogP contribution in [0.3, 0.4) is 0 Å². The van der Waals surface area contributed by atoms with Crippen LogP contribution in [0.15, 0.2) is 42.7 Å². The molecule has 1 aromatic carbocycles. The van der Waals surface area contributed by atoms with Gasteiger partial charge in [0.05, 0.1) is 19.3 Å². The molecule has 1 aromatic heterocycles. The number of rotatable bonds is 7.